The van der Waals surface area contributed by atoms with Crippen LogP contribution in [0.25, 0.3) is 0 Å². The molecule has 28 heavy (non-hydrogen) atoms. The first-order valence-corrected chi connectivity index (χ1v) is 10.0. The Hall–Kier alpha value is -2.43. The van der Waals surface area contributed by atoms with Crippen molar-refractivity contribution in [3.05, 3.63) is 87.7 Å². The fraction of sp³-hybridized carbons (Fsp3) is 0.227. The maximum absolute atomic E-state index is 13.3. The molecular formula is C22H21Cl2N3O. The first-order valence-electron chi connectivity index (χ1n) is 9.27. The highest BCUT2D eigenvalue weighted by atomic mass is 35.5. The molecule has 1 N–H and O–H groups in total. The van der Waals surface area contributed by atoms with Gasteiger partial charge in [0.1, 0.15) is 0 Å². The molecule has 2 aromatic carbocycles. The van der Waals surface area contributed by atoms with Crippen LogP contribution in [0.2, 0.25) is 10.0 Å². The van der Waals surface area contributed by atoms with Gasteiger partial charge in [0.05, 0.1) is 16.8 Å². The fourth-order valence-corrected chi connectivity index (χ4v) is 4.13. The van der Waals surface area contributed by atoms with Crippen LogP contribution in [0.15, 0.2) is 60.8 Å². The first-order chi connectivity index (χ1) is 13.5. The van der Waals surface area contributed by atoms with Crippen molar-refractivity contribution >= 4 is 34.9 Å². The Labute approximate surface area is 174 Å². The molecule has 0 bridgehead atoms. The van der Waals surface area contributed by atoms with Crippen molar-refractivity contribution in [2.24, 2.45) is 0 Å². The van der Waals surface area contributed by atoms with Gasteiger partial charge in [0.25, 0.3) is 0 Å². The number of fused-ring (bicyclic) bond motifs is 1. The van der Waals surface area contributed by atoms with Crippen molar-refractivity contribution in [2.45, 2.75) is 25.9 Å². The standard InChI is InChI=1S/C22H21Cl2N3O/c1-15-5-7-16(8-6-15)21-20-4-2-11-26(20)12-3-13-27(21)22(28)25-19-10-9-17(23)14-18(19)24/h2,4-11,14,21H,3,12-13H2,1H3,(H,25,28). The van der Waals surface area contributed by atoms with E-state index >= 15 is 0 Å². The Morgan fingerprint density at radius 2 is 1.86 bits per heavy atom. The number of rotatable bonds is 2. The summed E-state index contributed by atoms with van der Waals surface area (Å²) in [4.78, 5) is 15.1. The summed E-state index contributed by atoms with van der Waals surface area (Å²) in [5, 5.41) is 3.91. The van der Waals surface area contributed by atoms with Gasteiger partial charge in [0.15, 0.2) is 0 Å². The minimum absolute atomic E-state index is 0.163. The summed E-state index contributed by atoms with van der Waals surface area (Å²) in [7, 11) is 0. The number of aryl methyl sites for hydroxylation is 2. The van der Waals surface area contributed by atoms with Crippen molar-refractivity contribution in [2.75, 3.05) is 11.9 Å². The van der Waals surface area contributed by atoms with Gasteiger partial charge in [0, 0.05) is 30.0 Å². The lowest BCUT2D eigenvalue weighted by molar-refractivity contribution is 0.199. The zero-order valence-corrected chi connectivity index (χ0v) is 17.0. The molecule has 0 fully saturated rings. The molecule has 1 unspecified atom stereocenters. The molecule has 2 heterocycles. The van der Waals surface area contributed by atoms with E-state index in [0.29, 0.717) is 22.3 Å². The summed E-state index contributed by atoms with van der Waals surface area (Å²) in [5.74, 6) is 0. The number of anilines is 1. The molecule has 3 aromatic rings. The summed E-state index contributed by atoms with van der Waals surface area (Å²) in [6.45, 7) is 3.60. The Morgan fingerprint density at radius 3 is 2.61 bits per heavy atom. The largest absolute Gasteiger partial charge is 0.349 e. The van der Waals surface area contributed by atoms with Gasteiger partial charge in [-0.15, -0.1) is 0 Å². The number of nitrogens with one attached hydrogen (secondary N) is 1. The van der Waals surface area contributed by atoms with E-state index in [9.17, 15) is 4.79 Å². The van der Waals surface area contributed by atoms with Gasteiger partial charge < -0.3 is 14.8 Å². The van der Waals surface area contributed by atoms with Crippen LogP contribution < -0.4 is 5.32 Å². The van der Waals surface area contributed by atoms with Crippen LogP contribution in [0.4, 0.5) is 10.5 Å². The van der Waals surface area contributed by atoms with Crippen LogP contribution in [0.5, 0.6) is 0 Å². The summed E-state index contributed by atoms with van der Waals surface area (Å²) in [6.07, 6.45) is 2.96. The number of benzene rings is 2. The number of carbonyl (C=O) groups is 1. The van der Waals surface area contributed by atoms with Crippen molar-refractivity contribution in [1.29, 1.82) is 0 Å². The number of urea groups is 1. The Bertz CT molecular complexity index is 997. The van der Waals surface area contributed by atoms with Gasteiger partial charge in [-0.1, -0.05) is 53.0 Å². The predicted molar refractivity (Wildman–Crippen MR) is 114 cm³/mol. The average Bonchev–Trinajstić information content (AvgIpc) is 3.05. The Balaban J connectivity index is 1.70. The number of halogens is 2. The quantitative estimate of drug-likeness (QED) is 0.538. The maximum atomic E-state index is 13.3. The highest BCUT2D eigenvalue weighted by Crippen LogP contribution is 2.33. The number of amides is 2. The lowest BCUT2D eigenvalue weighted by Gasteiger charge is -2.31. The molecule has 2 amide bonds. The molecular weight excluding hydrogens is 393 g/mol. The first kappa shape index (κ1) is 18.9. The molecule has 0 saturated carbocycles. The van der Waals surface area contributed by atoms with E-state index in [0.717, 1.165) is 24.2 Å². The number of carbonyl (C=O) groups excluding carboxylic acids is 1. The SMILES string of the molecule is Cc1ccc(C2c3cccn3CCCN2C(=O)Nc2ccc(Cl)cc2Cl)cc1. The average molecular weight is 414 g/mol. The van der Waals surface area contributed by atoms with E-state index in [1.165, 1.54) is 5.56 Å². The number of hydrogen-bond donors (Lipinski definition) is 1. The van der Waals surface area contributed by atoms with Crippen molar-refractivity contribution in [3.63, 3.8) is 0 Å². The molecule has 1 aliphatic rings. The van der Waals surface area contributed by atoms with Crippen molar-refractivity contribution in [3.8, 4) is 0 Å². The third kappa shape index (κ3) is 3.75. The summed E-state index contributed by atoms with van der Waals surface area (Å²) >= 11 is 12.2. The van der Waals surface area contributed by atoms with Gasteiger partial charge in [-0.2, -0.15) is 0 Å². The van der Waals surface area contributed by atoms with Crippen LogP contribution in [0.1, 0.15) is 29.3 Å². The van der Waals surface area contributed by atoms with Gasteiger partial charge in [-0.3, -0.25) is 0 Å². The molecule has 0 radical (unpaired) electrons. The zero-order valence-electron chi connectivity index (χ0n) is 15.5. The lowest BCUT2D eigenvalue weighted by Crippen LogP contribution is -2.38. The zero-order chi connectivity index (χ0) is 19.7. The minimum atomic E-state index is -0.176. The van der Waals surface area contributed by atoms with Crippen LogP contribution in [-0.2, 0) is 6.54 Å². The van der Waals surface area contributed by atoms with Gasteiger partial charge in [0.2, 0.25) is 0 Å². The van der Waals surface area contributed by atoms with Gasteiger partial charge in [-0.25, -0.2) is 4.79 Å². The van der Waals surface area contributed by atoms with Crippen LogP contribution in [0.3, 0.4) is 0 Å². The molecule has 0 aliphatic carbocycles. The Kier molecular flexibility index (Phi) is 5.33. The van der Waals surface area contributed by atoms with Crippen molar-refractivity contribution < 1.29 is 4.79 Å². The third-order valence-corrected chi connectivity index (χ3v) is 5.63. The van der Waals surface area contributed by atoms with E-state index in [1.807, 2.05) is 11.0 Å². The molecule has 4 rings (SSSR count). The summed E-state index contributed by atoms with van der Waals surface area (Å²) in [5.41, 5.74) is 3.94. The molecule has 1 atom stereocenters. The van der Waals surface area contributed by atoms with E-state index < -0.39 is 0 Å². The van der Waals surface area contributed by atoms with Gasteiger partial charge >= 0.3 is 6.03 Å². The second-order valence-electron chi connectivity index (χ2n) is 7.04. The number of aromatic nitrogens is 1. The molecule has 144 valence electrons. The summed E-state index contributed by atoms with van der Waals surface area (Å²) in [6, 6.07) is 17.2. The van der Waals surface area contributed by atoms with E-state index in [-0.39, 0.29) is 12.1 Å². The molecule has 1 aliphatic heterocycles. The second-order valence-corrected chi connectivity index (χ2v) is 7.88. The predicted octanol–water partition coefficient (Wildman–Crippen LogP) is 6.13. The van der Waals surface area contributed by atoms with Crippen LogP contribution in [0, 0.1) is 6.92 Å². The second kappa shape index (κ2) is 7.90. The van der Waals surface area contributed by atoms with Crippen LogP contribution in [-0.4, -0.2) is 22.0 Å². The van der Waals surface area contributed by atoms with Crippen molar-refractivity contribution in [1.82, 2.24) is 9.47 Å². The van der Waals surface area contributed by atoms with E-state index in [2.05, 4.69) is 53.3 Å². The highest BCUT2D eigenvalue weighted by molar-refractivity contribution is 6.36. The Morgan fingerprint density at radius 1 is 1.07 bits per heavy atom. The molecule has 4 nitrogen and oxygen atoms in total. The van der Waals surface area contributed by atoms with Gasteiger partial charge in [-0.05, 0) is 49.2 Å². The van der Waals surface area contributed by atoms with E-state index in [4.69, 9.17) is 23.2 Å². The number of nitrogens with zero attached hydrogens (tertiary/aromatic N) is 2. The third-order valence-electron chi connectivity index (χ3n) is 5.08. The fourth-order valence-electron chi connectivity index (χ4n) is 3.68. The highest BCUT2D eigenvalue weighted by Gasteiger charge is 2.31. The smallest absolute Gasteiger partial charge is 0.322 e. The summed E-state index contributed by atoms with van der Waals surface area (Å²) < 4.78 is 2.23. The number of hydrogen-bond acceptors (Lipinski definition) is 1. The molecule has 1 aromatic heterocycles. The maximum Gasteiger partial charge on any atom is 0.322 e. The molecule has 6 heteroatoms. The minimum Gasteiger partial charge on any atom is -0.349 e. The monoisotopic (exact) mass is 413 g/mol. The lowest BCUT2D eigenvalue weighted by atomic mass is 10.0. The van der Waals surface area contributed by atoms with Crippen LogP contribution >= 0.6 is 23.2 Å². The van der Waals surface area contributed by atoms with E-state index in [1.54, 1.807) is 18.2 Å². The molecule has 0 saturated heterocycles. The molecule has 0 spiro atoms. The normalized spacial score (nSPS) is 16.4. The topological polar surface area (TPSA) is 37.3 Å².